The van der Waals surface area contributed by atoms with Gasteiger partial charge in [-0.15, -0.1) is 0 Å². The van der Waals surface area contributed by atoms with Crippen LogP contribution in [0, 0.1) is 5.41 Å². The zero-order valence-electron chi connectivity index (χ0n) is 10.6. The maximum absolute atomic E-state index is 11.6. The van der Waals surface area contributed by atoms with Gasteiger partial charge in [-0.05, 0) is 11.5 Å². The lowest BCUT2D eigenvalue weighted by atomic mass is 9.85. The van der Waals surface area contributed by atoms with E-state index in [-0.39, 0.29) is 17.4 Å². The van der Waals surface area contributed by atoms with Gasteiger partial charge in [-0.2, -0.15) is 0 Å². The Morgan fingerprint density at radius 1 is 1.53 bits per heavy atom. The van der Waals surface area contributed by atoms with E-state index in [2.05, 4.69) is 15.3 Å². The summed E-state index contributed by atoms with van der Waals surface area (Å²) in [7, 11) is 0. The van der Waals surface area contributed by atoms with Gasteiger partial charge in [0.2, 0.25) is 5.91 Å². The van der Waals surface area contributed by atoms with Crippen molar-refractivity contribution in [2.75, 3.05) is 0 Å². The Hall–Kier alpha value is -1.49. The maximum Gasteiger partial charge on any atom is 0.221 e. The van der Waals surface area contributed by atoms with Crippen molar-refractivity contribution in [3.8, 4) is 0 Å². The van der Waals surface area contributed by atoms with E-state index in [0.717, 1.165) is 5.69 Å². The number of hydrogen-bond donors (Lipinski definition) is 2. The standard InChI is InChI=1S/C12H20N4O/c1-12(2,3)10(13)6-11(17)15-7-9-4-5-14-8-16-9/h4-5,8,10H,6-7,13H2,1-3H3,(H,15,17). The summed E-state index contributed by atoms with van der Waals surface area (Å²) in [5, 5.41) is 2.79. The van der Waals surface area contributed by atoms with Crippen LogP contribution in [-0.2, 0) is 11.3 Å². The van der Waals surface area contributed by atoms with Crippen molar-refractivity contribution >= 4 is 5.91 Å². The molecule has 0 spiro atoms. The topological polar surface area (TPSA) is 80.9 Å². The normalized spacial score (nSPS) is 13.2. The highest BCUT2D eigenvalue weighted by Crippen LogP contribution is 2.19. The van der Waals surface area contributed by atoms with Gasteiger partial charge >= 0.3 is 0 Å². The number of rotatable bonds is 4. The van der Waals surface area contributed by atoms with Crippen molar-refractivity contribution in [3.05, 3.63) is 24.3 Å². The SMILES string of the molecule is CC(C)(C)C(N)CC(=O)NCc1ccncn1. The summed E-state index contributed by atoms with van der Waals surface area (Å²) in [6.45, 7) is 6.48. The Labute approximate surface area is 102 Å². The van der Waals surface area contributed by atoms with E-state index in [1.54, 1.807) is 12.3 Å². The molecular formula is C12H20N4O. The van der Waals surface area contributed by atoms with E-state index >= 15 is 0 Å². The molecule has 0 saturated heterocycles. The quantitative estimate of drug-likeness (QED) is 0.812. The molecule has 1 aromatic heterocycles. The van der Waals surface area contributed by atoms with Crippen molar-refractivity contribution in [2.45, 2.75) is 39.8 Å². The summed E-state index contributed by atoms with van der Waals surface area (Å²) in [6.07, 6.45) is 3.44. The number of hydrogen-bond acceptors (Lipinski definition) is 4. The summed E-state index contributed by atoms with van der Waals surface area (Å²) in [6, 6.07) is 1.62. The molecule has 0 fully saturated rings. The zero-order chi connectivity index (χ0) is 12.9. The number of aromatic nitrogens is 2. The zero-order valence-corrected chi connectivity index (χ0v) is 10.6. The van der Waals surface area contributed by atoms with Crippen LogP contribution >= 0.6 is 0 Å². The summed E-state index contributed by atoms with van der Waals surface area (Å²) >= 11 is 0. The number of carbonyl (C=O) groups is 1. The molecule has 0 aliphatic heterocycles. The second kappa shape index (κ2) is 5.72. The van der Waals surface area contributed by atoms with Crippen molar-refractivity contribution in [3.63, 3.8) is 0 Å². The molecule has 1 rings (SSSR count). The molecule has 0 aliphatic carbocycles. The first-order valence-corrected chi connectivity index (χ1v) is 5.67. The highest BCUT2D eigenvalue weighted by Gasteiger charge is 2.22. The van der Waals surface area contributed by atoms with E-state index in [1.807, 2.05) is 20.8 Å². The Kier molecular flexibility index (Phi) is 4.57. The van der Waals surface area contributed by atoms with Crippen molar-refractivity contribution in [1.29, 1.82) is 0 Å². The molecule has 94 valence electrons. The van der Waals surface area contributed by atoms with Crippen LogP contribution in [0.1, 0.15) is 32.9 Å². The van der Waals surface area contributed by atoms with Gasteiger partial charge in [0.15, 0.2) is 0 Å². The second-order valence-corrected chi connectivity index (χ2v) is 5.15. The predicted molar refractivity (Wildman–Crippen MR) is 65.9 cm³/mol. The first kappa shape index (κ1) is 13.6. The molecule has 0 radical (unpaired) electrons. The van der Waals surface area contributed by atoms with Gasteiger partial charge < -0.3 is 11.1 Å². The number of nitrogens with one attached hydrogen (secondary N) is 1. The lowest BCUT2D eigenvalue weighted by molar-refractivity contribution is -0.122. The fraction of sp³-hybridized carbons (Fsp3) is 0.583. The van der Waals surface area contributed by atoms with Gasteiger partial charge in [0, 0.05) is 18.7 Å². The molecule has 3 N–H and O–H groups in total. The molecule has 0 aliphatic rings. The van der Waals surface area contributed by atoms with Crippen LogP contribution in [0.2, 0.25) is 0 Å². The van der Waals surface area contributed by atoms with Crippen LogP contribution in [0.4, 0.5) is 0 Å². The lowest BCUT2D eigenvalue weighted by Crippen LogP contribution is -2.40. The Bertz CT molecular complexity index is 359. The van der Waals surface area contributed by atoms with Crippen molar-refractivity contribution in [2.24, 2.45) is 11.1 Å². The summed E-state index contributed by atoms with van der Waals surface area (Å²) in [5.41, 5.74) is 6.66. The average Bonchev–Trinajstić information content (AvgIpc) is 2.26. The van der Waals surface area contributed by atoms with E-state index in [9.17, 15) is 4.79 Å². The number of nitrogens with zero attached hydrogens (tertiary/aromatic N) is 2. The molecule has 1 heterocycles. The molecule has 1 amide bonds. The van der Waals surface area contributed by atoms with Crippen LogP contribution in [-0.4, -0.2) is 21.9 Å². The third-order valence-electron chi connectivity index (χ3n) is 2.63. The second-order valence-electron chi connectivity index (χ2n) is 5.15. The monoisotopic (exact) mass is 236 g/mol. The first-order chi connectivity index (χ1) is 7.89. The highest BCUT2D eigenvalue weighted by molar-refractivity contribution is 5.76. The van der Waals surface area contributed by atoms with Gasteiger partial charge in [-0.1, -0.05) is 20.8 Å². The maximum atomic E-state index is 11.6. The molecule has 5 nitrogen and oxygen atoms in total. The third kappa shape index (κ3) is 4.91. The van der Waals surface area contributed by atoms with Crippen molar-refractivity contribution in [1.82, 2.24) is 15.3 Å². The molecule has 0 bridgehead atoms. The summed E-state index contributed by atoms with van der Waals surface area (Å²) < 4.78 is 0. The Morgan fingerprint density at radius 3 is 2.76 bits per heavy atom. The van der Waals surface area contributed by atoms with Crippen LogP contribution < -0.4 is 11.1 Å². The summed E-state index contributed by atoms with van der Waals surface area (Å²) in [5.74, 6) is -0.0500. The molecule has 0 saturated carbocycles. The van der Waals surface area contributed by atoms with Gasteiger partial charge in [0.25, 0.3) is 0 Å². The van der Waals surface area contributed by atoms with Crippen LogP contribution in [0.5, 0.6) is 0 Å². The van der Waals surface area contributed by atoms with Gasteiger partial charge in [-0.25, -0.2) is 9.97 Å². The first-order valence-electron chi connectivity index (χ1n) is 5.67. The van der Waals surface area contributed by atoms with E-state index in [1.165, 1.54) is 6.33 Å². The molecule has 1 unspecified atom stereocenters. The minimum Gasteiger partial charge on any atom is -0.350 e. The van der Waals surface area contributed by atoms with Crippen LogP contribution in [0.25, 0.3) is 0 Å². The fourth-order valence-electron chi connectivity index (χ4n) is 1.19. The number of carbonyl (C=O) groups excluding carboxylic acids is 1. The Balaban J connectivity index is 2.36. The van der Waals surface area contributed by atoms with Gasteiger partial charge in [0.1, 0.15) is 6.33 Å². The van der Waals surface area contributed by atoms with E-state index in [4.69, 9.17) is 5.73 Å². The van der Waals surface area contributed by atoms with Crippen LogP contribution in [0.15, 0.2) is 18.6 Å². The molecule has 5 heteroatoms. The van der Waals surface area contributed by atoms with E-state index in [0.29, 0.717) is 13.0 Å². The molecule has 17 heavy (non-hydrogen) atoms. The van der Waals surface area contributed by atoms with E-state index < -0.39 is 0 Å². The summed E-state index contributed by atoms with van der Waals surface area (Å²) in [4.78, 5) is 19.5. The molecule has 1 aromatic rings. The Morgan fingerprint density at radius 2 is 2.24 bits per heavy atom. The molecule has 1 atom stereocenters. The predicted octanol–water partition coefficient (Wildman–Crippen LogP) is 0.856. The van der Waals surface area contributed by atoms with Crippen LogP contribution in [0.3, 0.4) is 0 Å². The molecular weight excluding hydrogens is 216 g/mol. The number of amides is 1. The lowest BCUT2D eigenvalue weighted by Gasteiger charge is -2.26. The largest absolute Gasteiger partial charge is 0.350 e. The molecule has 0 aromatic carbocycles. The fourth-order valence-corrected chi connectivity index (χ4v) is 1.19. The highest BCUT2D eigenvalue weighted by atomic mass is 16.1. The smallest absolute Gasteiger partial charge is 0.221 e. The minimum atomic E-state index is -0.145. The third-order valence-corrected chi connectivity index (χ3v) is 2.63. The minimum absolute atomic E-state index is 0.0500. The number of nitrogens with two attached hydrogens (primary N) is 1. The van der Waals surface area contributed by atoms with Gasteiger partial charge in [-0.3, -0.25) is 4.79 Å². The van der Waals surface area contributed by atoms with Crippen molar-refractivity contribution < 1.29 is 4.79 Å². The average molecular weight is 236 g/mol. The van der Waals surface area contributed by atoms with Gasteiger partial charge in [0.05, 0.1) is 12.2 Å².